The minimum absolute atomic E-state index is 0.100. The van der Waals surface area contributed by atoms with Gasteiger partial charge in [0.2, 0.25) is 0 Å². The Labute approximate surface area is 160 Å². The van der Waals surface area contributed by atoms with Gasteiger partial charge in [0.15, 0.2) is 0 Å². The summed E-state index contributed by atoms with van der Waals surface area (Å²) in [5.74, 6) is -1.48. The number of rotatable bonds is 4. The van der Waals surface area contributed by atoms with E-state index in [-0.39, 0.29) is 17.9 Å². The number of hydrogen-bond acceptors (Lipinski definition) is 3. The Bertz CT molecular complexity index is 898. The lowest BCUT2D eigenvalue weighted by atomic mass is 9.95. The van der Waals surface area contributed by atoms with Gasteiger partial charge in [-0.1, -0.05) is 64.0 Å². The van der Waals surface area contributed by atoms with E-state index >= 15 is 0 Å². The van der Waals surface area contributed by atoms with Crippen molar-refractivity contribution in [3.8, 4) is 0 Å². The zero-order valence-corrected chi connectivity index (χ0v) is 15.9. The van der Waals surface area contributed by atoms with Gasteiger partial charge in [0.1, 0.15) is 5.76 Å². The smallest absolute Gasteiger partial charge is 0.295 e. The van der Waals surface area contributed by atoms with Crippen LogP contribution in [0.5, 0.6) is 0 Å². The van der Waals surface area contributed by atoms with E-state index in [2.05, 4.69) is 22.5 Å². The molecule has 0 spiro atoms. The summed E-state index contributed by atoms with van der Waals surface area (Å²) in [7, 11) is 0. The average Bonchev–Trinajstić information content (AvgIpc) is 2.88. The normalized spacial score (nSPS) is 19.0. The van der Waals surface area contributed by atoms with Gasteiger partial charge in [0.25, 0.3) is 11.7 Å². The van der Waals surface area contributed by atoms with Crippen LogP contribution >= 0.6 is 15.9 Å². The van der Waals surface area contributed by atoms with Crippen LogP contribution in [0, 0.1) is 6.92 Å². The van der Waals surface area contributed by atoms with E-state index in [4.69, 9.17) is 0 Å². The molecule has 1 amide bonds. The van der Waals surface area contributed by atoms with Crippen molar-refractivity contribution in [2.24, 2.45) is 0 Å². The number of aryl methyl sites for hydroxylation is 1. The number of carbonyl (C=O) groups is 2. The van der Waals surface area contributed by atoms with Gasteiger partial charge in [0.05, 0.1) is 11.6 Å². The molecule has 1 aliphatic heterocycles. The van der Waals surface area contributed by atoms with Crippen LogP contribution in [0.3, 0.4) is 0 Å². The Morgan fingerprint density at radius 3 is 2.35 bits per heavy atom. The third kappa shape index (κ3) is 3.22. The number of Topliss-reactive ketones (excluding diaryl/α,β-unsaturated/α-hetero) is 1. The fourth-order valence-electron chi connectivity index (χ4n) is 3.07. The van der Waals surface area contributed by atoms with Crippen molar-refractivity contribution in [2.45, 2.75) is 13.0 Å². The number of aliphatic hydroxyl groups is 1. The molecule has 2 aromatic rings. The Balaban J connectivity index is 2.18. The van der Waals surface area contributed by atoms with E-state index in [9.17, 15) is 14.7 Å². The number of hydrogen-bond donors (Lipinski definition) is 1. The molecule has 1 fully saturated rings. The summed E-state index contributed by atoms with van der Waals surface area (Å²) in [6, 6.07) is 13.9. The molecule has 0 aliphatic carbocycles. The summed E-state index contributed by atoms with van der Waals surface area (Å²) in [5.41, 5.74) is 2.40. The van der Waals surface area contributed by atoms with E-state index in [1.54, 1.807) is 18.2 Å². The predicted molar refractivity (Wildman–Crippen MR) is 105 cm³/mol. The zero-order valence-electron chi connectivity index (χ0n) is 14.3. The molecule has 26 heavy (non-hydrogen) atoms. The largest absolute Gasteiger partial charge is 0.507 e. The highest BCUT2D eigenvalue weighted by atomic mass is 79.9. The summed E-state index contributed by atoms with van der Waals surface area (Å²) < 4.78 is 0.889. The number of halogens is 1. The summed E-state index contributed by atoms with van der Waals surface area (Å²) in [6.07, 6.45) is 1.57. The summed E-state index contributed by atoms with van der Waals surface area (Å²) in [6.45, 7) is 5.83. The first-order chi connectivity index (χ1) is 12.4. The first kappa shape index (κ1) is 18.1. The van der Waals surface area contributed by atoms with E-state index in [1.807, 2.05) is 43.3 Å². The molecular weight excluding hydrogens is 394 g/mol. The standard InChI is InChI=1S/C21H18BrNO3/c1-3-12-23-18(14-8-10-16(22)11-9-14)17(20(25)21(23)26)19(24)15-6-4-13(2)5-7-15/h3-11,18,24H,1,12H2,2H3/t18-/m0/s1. The molecule has 0 unspecified atom stereocenters. The molecule has 3 rings (SSSR count). The molecule has 1 N–H and O–H groups in total. The molecule has 1 heterocycles. The molecule has 132 valence electrons. The number of carbonyl (C=O) groups excluding carboxylic acids is 2. The van der Waals surface area contributed by atoms with E-state index in [0.29, 0.717) is 5.56 Å². The minimum atomic E-state index is -0.683. The molecule has 1 aliphatic rings. The summed E-state index contributed by atoms with van der Waals surface area (Å²) in [5, 5.41) is 10.8. The molecule has 1 saturated heterocycles. The number of benzene rings is 2. The fourth-order valence-corrected chi connectivity index (χ4v) is 3.33. The molecule has 0 aromatic heterocycles. The third-order valence-electron chi connectivity index (χ3n) is 4.38. The van der Waals surface area contributed by atoms with Gasteiger partial charge in [-0.25, -0.2) is 0 Å². The van der Waals surface area contributed by atoms with Gasteiger partial charge >= 0.3 is 0 Å². The Hall–Kier alpha value is -2.66. The molecule has 0 bridgehead atoms. The maximum absolute atomic E-state index is 12.7. The summed E-state index contributed by atoms with van der Waals surface area (Å²) in [4.78, 5) is 26.6. The molecule has 2 aromatic carbocycles. The van der Waals surface area contributed by atoms with Gasteiger partial charge in [0, 0.05) is 16.6 Å². The topological polar surface area (TPSA) is 57.6 Å². The lowest BCUT2D eigenvalue weighted by Gasteiger charge is -2.24. The van der Waals surface area contributed by atoms with Gasteiger partial charge in [-0.2, -0.15) is 0 Å². The van der Waals surface area contributed by atoms with Crippen LogP contribution in [-0.4, -0.2) is 28.2 Å². The molecular formula is C21H18BrNO3. The van der Waals surface area contributed by atoms with Crippen LogP contribution in [0.4, 0.5) is 0 Å². The first-order valence-corrected chi connectivity index (χ1v) is 8.95. The van der Waals surface area contributed by atoms with Crippen LogP contribution in [-0.2, 0) is 9.59 Å². The number of likely N-dealkylation sites (tertiary alicyclic amines) is 1. The van der Waals surface area contributed by atoms with Gasteiger partial charge < -0.3 is 10.0 Å². The minimum Gasteiger partial charge on any atom is -0.507 e. The third-order valence-corrected chi connectivity index (χ3v) is 4.91. The predicted octanol–water partition coefficient (Wildman–Crippen LogP) is 4.37. The summed E-state index contributed by atoms with van der Waals surface area (Å²) >= 11 is 3.39. The van der Waals surface area contributed by atoms with Gasteiger partial charge in [-0.15, -0.1) is 6.58 Å². The number of aliphatic hydroxyl groups excluding tert-OH is 1. The number of ketones is 1. The van der Waals surface area contributed by atoms with Crippen molar-refractivity contribution in [1.29, 1.82) is 0 Å². The maximum Gasteiger partial charge on any atom is 0.295 e. The maximum atomic E-state index is 12.7. The Morgan fingerprint density at radius 2 is 1.77 bits per heavy atom. The highest BCUT2D eigenvalue weighted by molar-refractivity contribution is 9.10. The van der Waals surface area contributed by atoms with Crippen LogP contribution in [0.1, 0.15) is 22.7 Å². The van der Waals surface area contributed by atoms with E-state index in [0.717, 1.165) is 15.6 Å². The molecule has 5 heteroatoms. The second kappa shape index (κ2) is 7.30. The van der Waals surface area contributed by atoms with Crippen LogP contribution in [0.25, 0.3) is 5.76 Å². The lowest BCUT2D eigenvalue weighted by Crippen LogP contribution is -2.29. The van der Waals surface area contributed by atoms with Gasteiger partial charge in [-0.05, 0) is 24.6 Å². The quantitative estimate of drug-likeness (QED) is 0.351. The fraction of sp³-hybridized carbons (Fsp3) is 0.143. The second-order valence-electron chi connectivity index (χ2n) is 6.16. The van der Waals surface area contributed by atoms with Crippen molar-refractivity contribution >= 4 is 33.4 Å². The van der Waals surface area contributed by atoms with Crippen LogP contribution in [0.2, 0.25) is 0 Å². The monoisotopic (exact) mass is 411 g/mol. The van der Waals surface area contributed by atoms with E-state index in [1.165, 1.54) is 4.90 Å². The average molecular weight is 412 g/mol. The van der Waals surface area contributed by atoms with E-state index < -0.39 is 17.7 Å². The Morgan fingerprint density at radius 1 is 1.15 bits per heavy atom. The lowest BCUT2D eigenvalue weighted by molar-refractivity contribution is -0.139. The molecule has 4 nitrogen and oxygen atoms in total. The Kier molecular flexibility index (Phi) is 5.09. The highest BCUT2D eigenvalue weighted by Gasteiger charge is 2.45. The van der Waals surface area contributed by atoms with Crippen molar-refractivity contribution < 1.29 is 14.7 Å². The molecule has 1 atom stereocenters. The number of amides is 1. The first-order valence-electron chi connectivity index (χ1n) is 8.16. The van der Waals surface area contributed by atoms with Crippen LogP contribution in [0.15, 0.2) is 71.2 Å². The number of nitrogens with zero attached hydrogens (tertiary/aromatic N) is 1. The zero-order chi connectivity index (χ0) is 18.8. The van der Waals surface area contributed by atoms with Crippen molar-refractivity contribution in [1.82, 2.24) is 4.90 Å². The van der Waals surface area contributed by atoms with Gasteiger partial charge in [-0.3, -0.25) is 9.59 Å². The van der Waals surface area contributed by atoms with Crippen molar-refractivity contribution in [3.05, 3.63) is 87.9 Å². The van der Waals surface area contributed by atoms with Crippen molar-refractivity contribution in [3.63, 3.8) is 0 Å². The van der Waals surface area contributed by atoms with Crippen LogP contribution < -0.4 is 0 Å². The van der Waals surface area contributed by atoms with Crippen molar-refractivity contribution in [2.75, 3.05) is 6.54 Å². The highest BCUT2D eigenvalue weighted by Crippen LogP contribution is 2.39. The molecule has 0 saturated carbocycles. The molecule has 0 radical (unpaired) electrons. The second-order valence-corrected chi connectivity index (χ2v) is 7.07. The SMILES string of the molecule is C=CCN1C(=O)C(=O)C(=C(O)c2ccc(C)cc2)[C@@H]1c1ccc(Br)cc1.